The second-order valence-electron chi connectivity index (χ2n) is 4.66. The molecule has 1 saturated heterocycles. The molecule has 1 aromatic rings. The number of anilines is 1. The number of para-hydroxylation sites is 1. The van der Waals surface area contributed by atoms with E-state index in [4.69, 9.17) is 12.2 Å². The number of amides is 2. The minimum Gasteiger partial charge on any atom is -0.315 e. The average Bonchev–Trinajstić information content (AvgIpc) is 2.93. The van der Waals surface area contributed by atoms with Gasteiger partial charge in [0.15, 0.2) is 5.11 Å². The zero-order valence-corrected chi connectivity index (χ0v) is 12.1. The first-order valence-electron chi connectivity index (χ1n) is 6.33. The van der Waals surface area contributed by atoms with E-state index in [0.29, 0.717) is 22.1 Å². The van der Waals surface area contributed by atoms with Crippen molar-refractivity contribution in [1.29, 1.82) is 0 Å². The van der Waals surface area contributed by atoms with Gasteiger partial charge in [-0.15, -0.1) is 0 Å². The van der Waals surface area contributed by atoms with Gasteiger partial charge in [0.25, 0.3) is 5.91 Å². The minimum atomic E-state index is -0.235. The topological polar surface area (TPSA) is 65.0 Å². The van der Waals surface area contributed by atoms with Crippen molar-refractivity contribution >= 4 is 40.5 Å². The van der Waals surface area contributed by atoms with Gasteiger partial charge < -0.3 is 10.2 Å². The summed E-state index contributed by atoms with van der Waals surface area (Å²) in [5, 5.41) is 8.43. The van der Waals surface area contributed by atoms with Gasteiger partial charge in [0.1, 0.15) is 6.54 Å². The molecule has 0 aliphatic carbocycles. The van der Waals surface area contributed by atoms with Crippen LogP contribution in [0.2, 0.25) is 0 Å². The molecule has 2 aliphatic rings. The van der Waals surface area contributed by atoms with E-state index in [1.54, 1.807) is 18.0 Å². The molecule has 1 fully saturated rings. The zero-order valence-electron chi connectivity index (χ0n) is 11.2. The summed E-state index contributed by atoms with van der Waals surface area (Å²) in [5.41, 5.74) is 1.71. The van der Waals surface area contributed by atoms with Gasteiger partial charge in [-0.2, -0.15) is 10.1 Å². The number of rotatable bonds is 2. The summed E-state index contributed by atoms with van der Waals surface area (Å²) in [7, 11) is 0. The van der Waals surface area contributed by atoms with Gasteiger partial charge in [-0.1, -0.05) is 18.2 Å². The number of carbonyl (C=O) groups is 2. The maximum absolute atomic E-state index is 12.5. The van der Waals surface area contributed by atoms with Crippen molar-refractivity contribution in [3.8, 4) is 0 Å². The molecule has 0 radical (unpaired) electrons. The molecule has 1 aromatic carbocycles. The summed E-state index contributed by atoms with van der Waals surface area (Å²) in [6.45, 7) is 1.87. The van der Waals surface area contributed by atoms with Crippen LogP contribution in [-0.2, 0) is 9.59 Å². The first kappa shape index (κ1) is 13.4. The highest BCUT2D eigenvalue weighted by molar-refractivity contribution is 7.80. The molecule has 0 aromatic heterocycles. The van der Waals surface area contributed by atoms with Crippen LogP contribution in [0, 0.1) is 0 Å². The smallest absolute Gasteiger partial charge is 0.282 e. The molecule has 0 saturated carbocycles. The predicted molar refractivity (Wildman–Crippen MR) is 82.6 cm³/mol. The minimum absolute atomic E-state index is 0.119. The molecule has 2 heterocycles. The van der Waals surface area contributed by atoms with E-state index in [1.807, 2.05) is 30.3 Å². The Morgan fingerprint density at radius 3 is 2.62 bits per heavy atom. The monoisotopic (exact) mass is 300 g/mol. The van der Waals surface area contributed by atoms with Crippen LogP contribution < -0.4 is 10.3 Å². The van der Waals surface area contributed by atoms with Gasteiger partial charge in [0, 0.05) is 6.20 Å². The van der Waals surface area contributed by atoms with Gasteiger partial charge in [0.05, 0.1) is 17.0 Å². The number of benzene rings is 1. The van der Waals surface area contributed by atoms with Crippen LogP contribution in [-0.4, -0.2) is 34.1 Å². The molecule has 21 heavy (non-hydrogen) atoms. The highest BCUT2D eigenvalue weighted by Gasteiger charge is 2.31. The van der Waals surface area contributed by atoms with Crippen LogP contribution in [0.5, 0.6) is 0 Å². The fourth-order valence-electron chi connectivity index (χ4n) is 2.13. The number of hydrogen-bond acceptors (Lipinski definition) is 4. The quantitative estimate of drug-likeness (QED) is 0.654. The van der Waals surface area contributed by atoms with Crippen LogP contribution in [0.15, 0.2) is 47.2 Å². The van der Waals surface area contributed by atoms with Crippen molar-refractivity contribution < 1.29 is 9.59 Å². The summed E-state index contributed by atoms with van der Waals surface area (Å²) in [5.74, 6) is -0.419. The fraction of sp³-hybridized carbons (Fsp3) is 0.143. The number of nitrogens with one attached hydrogen (secondary N) is 1. The predicted octanol–water partition coefficient (Wildman–Crippen LogP) is 1.01. The Balaban J connectivity index is 1.89. The van der Waals surface area contributed by atoms with Crippen LogP contribution in [0.1, 0.15) is 6.92 Å². The molecular weight excluding hydrogens is 288 g/mol. The first-order chi connectivity index (χ1) is 10.1. The van der Waals surface area contributed by atoms with Crippen molar-refractivity contribution in [2.24, 2.45) is 5.10 Å². The molecule has 0 bridgehead atoms. The molecule has 3 rings (SSSR count). The Kier molecular flexibility index (Phi) is 3.26. The molecule has 106 valence electrons. The van der Waals surface area contributed by atoms with Gasteiger partial charge in [0.2, 0.25) is 5.91 Å². The van der Waals surface area contributed by atoms with Crippen LogP contribution in [0.4, 0.5) is 5.69 Å². The third-order valence-electron chi connectivity index (χ3n) is 3.17. The summed E-state index contributed by atoms with van der Waals surface area (Å²) in [4.78, 5) is 25.3. The zero-order chi connectivity index (χ0) is 15.0. The summed E-state index contributed by atoms with van der Waals surface area (Å²) in [6, 6.07) is 9.17. The lowest BCUT2D eigenvalue weighted by atomic mass is 10.2. The molecule has 0 spiro atoms. The van der Waals surface area contributed by atoms with Crippen molar-refractivity contribution in [2.45, 2.75) is 6.92 Å². The number of hydrazone groups is 1. The molecule has 2 aliphatic heterocycles. The highest BCUT2D eigenvalue weighted by Crippen LogP contribution is 2.23. The molecule has 0 atom stereocenters. The maximum atomic E-state index is 12.5. The largest absolute Gasteiger partial charge is 0.315 e. The number of carbonyl (C=O) groups excluding carboxylic acids is 2. The molecule has 7 heteroatoms. The van der Waals surface area contributed by atoms with Crippen molar-refractivity contribution in [1.82, 2.24) is 10.2 Å². The average molecular weight is 300 g/mol. The fourth-order valence-corrected chi connectivity index (χ4v) is 2.36. The van der Waals surface area contributed by atoms with Crippen LogP contribution >= 0.6 is 12.2 Å². The Morgan fingerprint density at radius 1 is 1.29 bits per heavy atom. The number of thiocarbonyl (C=S) groups is 1. The third-order valence-corrected chi connectivity index (χ3v) is 3.51. The lowest BCUT2D eigenvalue weighted by molar-refractivity contribution is -0.118. The second-order valence-corrected chi connectivity index (χ2v) is 5.05. The van der Waals surface area contributed by atoms with E-state index < -0.39 is 0 Å². The maximum Gasteiger partial charge on any atom is 0.282 e. The number of nitrogens with zero attached hydrogens (tertiary/aromatic N) is 3. The highest BCUT2D eigenvalue weighted by atomic mass is 32.1. The molecule has 1 N–H and O–H groups in total. The second kappa shape index (κ2) is 5.10. The summed E-state index contributed by atoms with van der Waals surface area (Å²) >= 11 is 5.04. The van der Waals surface area contributed by atoms with Crippen LogP contribution in [0.25, 0.3) is 0 Å². The van der Waals surface area contributed by atoms with Crippen LogP contribution in [0.3, 0.4) is 0 Å². The van der Waals surface area contributed by atoms with Gasteiger partial charge >= 0.3 is 0 Å². The van der Waals surface area contributed by atoms with Gasteiger partial charge in [-0.05, 0) is 31.3 Å². The number of hydrogen-bond donors (Lipinski definition) is 1. The van der Waals surface area contributed by atoms with E-state index in [-0.39, 0.29) is 18.4 Å². The first-order valence-corrected chi connectivity index (χ1v) is 6.74. The Hall–Kier alpha value is -2.54. The summed E-state index contributed by atoms with van der Waals surface area (Å²) < 4.78 is 0. The van der Waals surface area contributed by atoms with E-state index >= 15 is 0 Å². The Labute approximate surface area is 126 Å². The third kappa shape index (κ3) is 2.43. The standard InChI is InChI=1S/C14H12N4O2S/c1-9-11(7-17-8-12(19)15-14(17)21)13(20)18(16-9)10-5-3-2-4-6-10/h2-7H,8H2,1H3,(H,15,19,21). The Bertz CT molecular complexity index is 696. The Morgan fingerprint density at radius 2 is 2.00 bits per heavy atom. The molecule has 0 unspecified atom stereocenters. The molecule has 6 nitrogen and oxygen atoms in total. The van der Waals surface area contributed by atoms with E-state index in [2.05, 4.69) is 10.4 Å². The van der Waals surface area contributed by atoms with E-state index in [9.17, 15) is 9.59 Å². The lowest BCUT2D eigenvalue weighted by Gasteiger charge is -2.13. The van der Waals surface area contributed by atoms with E-state index in [1.165, 1.54) is 5.01 Å². The normalized spacial score (nSPS) is 20.3. The SMILES string of the molecule is CC1=NN(c2ccccc2)C(=O)C1=CN1CC(=O)NC1=S. The molecule has 2 amide bonds. The van der Waals surface area contributed by atoms with Crippen molar-refractivity contribution in [2.75, 3.05) is 11.6 Å². The van der Waals surface area contributed by atoms with Gasteiger partial charge in [-0.3, -0.25) is 9.59 Å². The summed E-state index contributed by atoms with van der Waals surface area (Å²) in [6.07, 6.45) is 1.57. The lowest BCUT2D eigenvalue weighted by Crippen LogP contribution is -2.26. The van der Waals surface area contributed by atoms with E-state index in [0.717, 1.165) is 0 Å². The van der Waals surface area contributed by atoms with Crippen molar-refractivity contribution in [3.63, 3.8) is 0 Å². The molecular formula is C14H12N4O2S. The van der Waals surface area contributed by atoms with Crippen molar-refractivity contribution in [3.05, 3.63) is 42.1 Å². The van der Waals surface area contributed by atoms with Gasteiger partial charge in [-0.25, -0.2) is 0 Å².